The van der Waals surface area contributed by atoms with Crippen molar-refractivity contribution in [1.82, 2.24) is 5.32 Å². The fourth-order valence-electron chi connectivity index (χ4n) is 3.18. The highest BCUT2D eigenvalue weighted by Crippen LogP contribution is 2.21. The van der Waals surface area contributed by atoms with Crippen LogP contribution < -0.4 is 10.2 Å². The molecule has 1 aliphatic heterocycles. The molecule has 0 aromatic heterocycles. The molecule has 2 aromatic rings. The van der Waals surface area contributed by atoms with Gasteiger partial charge in [-0.05, 0) is 49.4 Å². The Morgan fingerprint density at radius 1 is 1.00 bits per heavy atom. The Hall–Kier alpha value is -1.94. The van der Waals surface area contributed by atoms with Crippen LogP contribution in [-0.2, 0) is 17.1 Å². The van der Waals surface area contributed by atoms with Crippen molar-refractivity contribution in [2.45, 2.75) is 43.7 Å². The van der Waals surface area contributed by atoms with Gasteiger partial charge < -0.3 is 10.2 Å². The normalized spacial score (nSPS) is 15.5. The van der Waals surface area contributed by atoms with E-state index >= 15 is 0 Å². The Labute approximate surface area is 161 Å². The van der Waals surface area contributed by atoms with Gasteiger partial charge in [0.25, 0.3) is 0 Å². The standard InChI is InChI=1S/C22H28N2OS/c1-18(26-17-20-8-4-2-5-9-20)22(25)23-16-19-10-12-21(13-11-19)24-14-6-3-7-15-24/h2,4-5,8-13,18H,3,6-7,14-17H2,1H3,(H,23,25)/t18-/m1/s1. The molecular weight excluding hydrogens is 340 g/mol. The zero-order valence-corrected chi connectivity index (χ0v) is 16.3. The molecule has 0 unspecified atom stereocenters. The van der Waals surface area contributed by atoms with Crippen LogP contribution in [0.4, 0.5) is 5.69 Å². The summed E-state index contributed by atoms with van der Waals surface area (Å²) in [6.45, 7) is 4.89. The molecule has 0 radical (unpaired) electrons. The van der Waals surface area contributed by atoms with E-state index in [0.717, 1.165) is 24.4 Å². The summed E-state index contributed by atoms with van der Waals surface area (Å²) in [6.07, 6.45) is 3.92. The Kier molecular flexibility index (Phi) is 7.01. The van der Waals surface area contributed by atoms with Crippen LogP contribution in [0, 0.1) is 0 Å². The van der Waals surface area contributed by atoms with E-state index in [-0.39, 0.29) is 11.2 Å². The van der Waals surface area contributed by atoms with Crippen LogP contribution >= 0.6 is 11.8 Å². The maximum Gasteiger partial charge on any atom is 0.233 e. The second kappa shape index (κ2) is 9.67. The van der Waals surface area contributed by atoms with Gasteiger partial charge >= 0.3 is 0 Å². The van der Waals surface area contributed by atoms with Crippen molar-refractivity contribution in [3.8, 4) is 0 Å². The first kappa shape index (κ1) is 18.8. The lowest BCUT2D eigenvalue weighted by Crippen LogP contribution is -2.31. The van der Waals surface area contributed by atoms with E-state index in [4.69, 9.17) is 0 Å². The molecule has 1 heterocycles. The summed E-state index contributed by atoms with van der Waals surface area (Å²) in [7, 11) is 0. The monoisotopic (exact) mass is 368 g/mol. The Morgan fingerprint density at radius 3 is 2.38 bits per heavy atom. The molecule has 1 aliphatic rings. The van der Waals surface area contributed by atoms with Gasteiger partial charge in [0.2, 0.25) is 5.91 Å². The Bertz CT molecular complexity index is 681. The minimum Gasteiger partial charge on any atom is -0.372 e. The molecule has 1 atom stereocenters. The lowest BCUT2D eigenvalue weighted by molar-refractivity contribution is -0.120. The van der Waals surface area contributed by atoms with Crippen LogP contribution in [-0.4, -0.2) is 24.2 Å². The van der Waals surface area contributed by atoms with E-state index in [1.165, 1.54) is 30.5 Å². The molecule has 1 saturated heterocycles. The SMILES string of the molecule is C[C@@H](SCc1ccccc1)C(=O)NCc1ccc(N2CCCCC2)cc1. The largest absolute Gasteiger partial charge is 0.372 e. The van der Waals surface area contributed by atoms with Crippen molar-refractivity contribution in [2.24, 2.45) is 0 Å². The lowest BCUT2D eigenvalue weighted by atomic mass is 10.1. The molecule has 4 heteroatoms. The molecule has 1 amide bonds. The smallest absolute Gasteiger partial charge is 0.233 e. The number of rotatable bonds is 7. The van der Waals surface area contributed by atoms with Crippen molar-refractivity contribution in [3.63, 3.8) is 0 Å². The summed E-state index contributed by atoms with van der Waals surface area (Å²) in [5.41, 5.74) is 3.70. The van der Waals surface area contributed by atoms with E-state index in [0.29, 0.717) is 6.54 Å². The minimum absolute atomic E-state index is 0.0529. The van der Waals surface area contributed by atoms with Crippen LogP contribution in [0.3, 0.4) is 0 Å². The molecule has 0 aliphatic carbocycles. The summed E-state index contributed by atoms with van der Waals surface area (Å²) in [4.78, 5) is 14.8. The zero-order chi connectivity index (χ0) is 18.2. The fourth-order valence-corrected chi connectivity index (χ4v) is 4.05. The maximum absolute atomic E-state index is 12.3. The third-order valence-electron chi connectivity index (χ3n) is 4.84. The van der Waals surface area contributed by atoms with Crippen molar-refractivity contribution in [1.29, 1.82) is 0 Å². The molecule has 26 heavy (non-hydrogen) atoms. The third kappa shape index (κ3) is 5.53. The van der Waals surface area contributed by atoms with Crippen LogP contribution in [0.1, 0.15) is 37.3 Å². The van der Waals surface area contributed by atoms with Gasteiger partial charge in [-0.15, -0.1) is 11.8 Å². The van der Waals surface area contributed by atoms with Gasteiger partial charge in [-0.1, -0.05) is 42.5 Å². The van der Waals surface area contributed by atoms with E-state index < -0.39 is 0 Å². The molecule has 0 spiro atoms. The quantitative estimate of drug-likeness (QED) is 0.774. The Morgan fingerprint density at radius 2 is 1.69 bits per heavy atom. The third-order valence-corrected chi connectivity index (χ3v) is 6.05. The molecule has 3 nitrogen and oxygen atoms in total. The number of benzene rings is 2. The summed E-state index contributed by atoms with van der Waals surface area (Å²) in [5, 5.41) is 3.01. The van der Waals surface area contributed by atoms with E-state index in [1.54, 1.807) is 11.8 Å². The van der Waals surface area contributed by atoms with Crippen LogP contribution in [0.15, 0.2) is 54.6 Å². The predicted molar refractivity (Wildman–Crippen MR) is 112 cm³/mol. The first-order chi connectivity index (χ1) is 12.7. The van der Waals surface area contributed by atoms with Crippen molar-refractivity contribution in [2.75, 3.05) is 18.0 Å². The minimum atomic E-state index is -0.0529. The van der Waals surface area contributed by atoms with Gasteiger partial charge in [-0.2, -0.15) is 0 Å². The van der Waals surface area contributed by atoms with Crippen molar-refractivity contribution >= 4 is 23.4 Å². The number of carbonyl (C=O) groups excluding carboxylic acids is 1. The van der Waals surface area contributed by atoms with E-state index in [2.05, 4.69) is 46.6 Å². The van der Waals surface area contributed by atoms with Gasteiger partial charge in [-0.25, -0.2) is 0 Å². The molecule has 1 fully saturated rings. The number of piperidine rings is 1. The average molecular weight is 369 g/mol. The highest BCUT2D eigenvalue weighted by molar-refractivity contribution is 7.99. The van der Waals surface area contributed by atoms with Crippen LogP contribution in [0.25, 0.3) is 0 Å². The van der Waals surface area contributed by atoms with E-state index in [1.807, 2.05) is 25.1 Å². The van der Waals surface area contributed by atoms with E-state index in [9.17, 15) is 4.79 Å². The van der Waals surface area contributed by atoms with Gasteiger partial charge in [0.15, 0.2) is 0 Å². The Balaban J connectivity index is 1.43. The molecular formula is C22H28N2OS. The van der Waals surface area contributed by atoms with Gasteiger partial charge in [-0.3, -0.25) is 4.79 Å². The summed E-state index contributed by atoms with van der Waals surface area (Å²) < 4.78 is 0. The average Bonchev–Trinajstić information content (AvgIpc) is 2.72. The molecule has 1 N–H and O–H groups in total. The molecule has 0 saturated carbocycles. The summed E-state index contributed by atoms with van der Waals surface area (Å²) >= 11 is 1.68. The number of hydrogen-bond donors (Lipinski definition) is 1. The maximum atomic E-state index is 12.3. The first-order valence-corrected chi connectivity index (χ1v) is 10.5. The number of anilines is 1. The number of hydrogen-bond acceptors (Lipinski definition) is 3. The number of amides is 1. The van der Waals surface area contributed by atoms with Gasteiger partial charge in [0, 0.05) is 31.1 Å². The fraction of sp³-hybridized carbons (Fsp3) is 0.409. The zero-order valence-electron chi connectivity index (χ0n) is 15.5. The molecule has 2 aromatic carbocycles. The number of nitrogens with zero attached hydrogens (tertiary/aromatic N) is 1. The van der Waals surface area contributed by atoms with Crippen LogP contribution in [0.2, 0.25) is 0 Å². The second-order valence-corrected chi connectivity index (χ2v) is 8.20. The number of carbonyl (C=O) groups is 1. The first-order valence-electron chi connectivity index (χ1n) is 9.49. The topological polar surface area (TPSA) is 32.3 Å². The lowest BCUT2D eigenvalue weighted by Gasteiger charge is -2.28. The highest BCUT2D eigenvalue weighted by atomic mass is 32.2. The molecule has 0 bridgehead atoms. The predicted octanol–water partition coefficient (Wildman–Crippen LogP) is 4.62. The highest BCUT2D eigenvalue weighted by Gasteiger charge is 2.14. The van der Waals surface area contributed by atoms with Gasteiger partial charge in [0.05, 0.1) is 5.25 Å². The molecule has 3 rings (SSSR count). The molecule has 138 valence electrons. The summed E-state index contributed by atoms with van der Waals surface area (Å²) in [6, 6.07) is 18.9. The second-order valence-electron chi connectivity index (χ2n) is 6.87. The summed E-state index contributed by atoms with van der Waals surface area (Å²) in [5.74, 6) is 0.964. The van der Waals surface area contributed by atoms with Crippen molar-refractivity contribution in [3.05, 3.63) is 65.7 Å². The number of thioether (sulfide) groups is 1. The van der Waals surface area contributed by atoms with Crippen LogP contribution in [0.5, 0.6) is 0 Å². The van der Waals surface area contributed by atoms with Crippen molar-refractivity contribution < 1.29 is 4.79 Å². The number of nitrogens with one attached hydrogen (secondary N) is 1. The van der Waals surface area contributed by atoms with Gasteiger partial charge in [0.1, 0.15) is 0 Å².